The number of allylic oxidation sites excluding steroid dienone is 1. The number of aromatic nitrogens is 2. The minimum atomic E-state index is -0.106. The molecule has 0 unspecified atom stereocenters. The van der Waals surface area contributed by atoms with E-state index in [0.29, 0.717) is 24.5 Å². The number of ether oxygens (including phenoxy) is 1. The summed E-state index contributed by atoms with van der Waals surface area (Å²) >= 11 is 16.8. The summed E-state index contributed by atoms with van der Waals surface area (Å²) in [6.07, 6.45) is 1.92. The van der Waals surface area contributed by atoms with Crippen molar-refractivity contribution < 1.29 is 9.53 Å². The molecule has 5 rings (SSSR count). The number of rotatable bonds is 8. The molecule has 218 valence electrons. The third-order valence-corrected chi connectivity index (χ3v) is 9.26. The van der Waals surface area contributed by atoms with Crippen molar-refractivity contribution in [2.75, 3.05) is 11.9 Å². The van der Waals surface area contributed by atoms with Crippen LogP contribution in [0.5, 0.6) is 5.75 Å². The van der Waals surface area contributed by atoms with Crippen molar-refractivity contribution >= 4 is 56.3 Å². The van der Waals surface area contributed by atoms with Crippen LogP contribution in [0.3, 0.4) is 0 Å². The van der Waals surface area contributed by atoms with Crippen molar-refractivity contribution in [1.29, 1.82) is 0 Å². The molecule has 0 saturated heterocycles. The highest BCUT2D eigenvalue weighted by Gasteiger charge is 2.31. The second-order valence-corrected chi connectivity index (χ2v) is 12.7. The van der Waals surface area contributed by atoms with Crippen LogP contribution in [0.25, 0.3) is 16.7 Å². The van der Waals surface area contributed by atoms with Crippen molar-refractivity contribution in [3.63, 3.8) is 0 Å². The smallest absolute Gasteiger partial charge is 0.252 e. The fourth-order valence-electron chi connectivity index (χ4n) is 5.88. The Morgan fingerprint density at radius 2 is 1.74 bits per heavy atom. The Bertz CT molecular complexity index is 1710. The van der Waals surface area contributed by atoms with Gasteiger partial charge in [0.2, 0.25) is 0 Å². The van der Waals surface area contributed by atoms with Gasteiger partial charge in [0.1, 0.15) is 5.75 Å². The van der Waals surface area contributed by atoms with E-state index in [1.807, 2.05) is 81.9 Å². The fourth-order valence-corrected chi connectivity index (χ4v) is 6.87. The van der Waals surface area contributed by atoms with Gasteiger partial charge >= 0.3 is 0 Å². The molecule has 1 aliphatic rings. The van der Waals surface area contributed by atoms with E-state index < -0.39 is 0 Å². The molecule has 0 radical (unpaired) electrons. The zero-order valence-corrected chi connectivity index (χ0v) is 27.8. The number of fused-ring (bicyclic) bond motifs is 1. The average Bonchev–Trinajstić information content (AvgIpc) is 3.40. The zero-order valence-electron chi connectivity index (χ0n) is 24.7. The highest BCUT2D eigenvalue weighted by Crippen LogP contribution is 2.45. The van der Waals surface area contributed by atoms with Gasteiger partial charge in [-0.15, -0.1) is 0 Å². The molecular weight excluding hydrogens is 633 g/mol. The first-order chi connectivity index (χ1) is 19.9. The van der Waals surface area contributed by atoms with E-state index in [1.54, 1.807) is 0 Å². The Morgan fingerprint density at radius 1 is 1.02 bits per heavy atom. The molecule has 1 N–H and O–H groups in total. The number of nitrogens with one attached hydrogen (secondary N) is 1. The number of benzene rings is 3. The van der Waals surface area contributed by atoms with Gasteiger partial charge < -0.3 is 10.1 Å². The highest BCUT2D eigenvalue weighted by atomic mass is 79.9. The molecule has 0 spiro atoms. The SMILES string of the molecule is Cc1cc(Br)cc(NC(=O)C2=C(CCCOc3cc(C)c(Cl)c(C)c3)c3ccc(Cl)c(-c4c(C)nn(C)c4C)c3C2)c1. The second kappa shape index (κ2) is 12.3. The summed E-state index contributed by atoms with van der Waals surface area (Å²) in [5, 5.41) is 9.21. The summed E-state index contributed by atoms with van der Waals surface area (Å²) in [7, 11) is 1.94. The quantitative estimate of drug-likeness (QED) is 0.191. The first kappa shape index (κ1) is 30.4. The highest BCUT2D eigenvalue weighted by molar-refractivity contribution is 9.10. The molecule has 3 aromatic carbocycles. The third-order valence-electron chi connectivity index (χ3n) is 7.89. The molecule has 1 aliphatic carbocycles. The number of hydrogen-bond donors (Lipinski definition) is 1. The average molecular weight is 667 g/mol. The topological polar surface area (TPSA) is 56.1 Å². The van der Waals surface area contributed by atoms with Crippen LogP contribution in [0.1, 0.15) is 52.0 Å². The summed E-state index contributed by atoms with van der Waals surface area (Å²) in [4.78, 5) is 13.9. The van der Waals surface area contributed by atoms with E-state index in [9.17, 15) is 4.79 Å². The maximum atomic E-state index is 13.9. The summed E-state index contributed by atoms with van der Waals surface area (Å²) in [5.41, 5.74) is 11.6. The number of aryl methyl sites for hydroxylation is 5. The first-order valence-corrected chi connectivity index (χ1v) is 15.5. The summed E-state index contributed by atoms with van der Waals surface area (Å²) in [6.45, 7) is 10.5. The Kier molecular flexibility index (Phi) is 8.89. The summed E-state index contributed by atoms with van der Waals surface area (Å²) in [5.74, 6) is 0.695. The number of halogens is 3. The lowest BCUT2D eigenvalue weighted by molar-refractivity contribution is -0.112. The van der Waals surface area contributed by atoms with Crippen molar-refractivity contribution in [3.05, 3.63) is 102 Å². The van der Waals surface area contributed by atoms with Crippen LogP contribution in [-0.2, 0) is 18.3 Å². The fraction of sp³-hybridized carbons (Fsp3) is 0.294. The van der Waals surface area contributed by atoms with E-state index in [4.69, 9.17) is 27.9 Å². The van der Waals surface area contributed by atoms with Gasteiger partial charge in [0.05, 0.1) is 12.3 Å². The van der Waals surface area contributed by atoms with Gasteiger partial charge in [-0.05, 0) is 117 Å². The lowest BCUT2D eigenvalue weighted by Crippen LogP contribution is -2.16. The van der Waals surface area contributed by atoms with E-state index in [0.717, 1.165) is 88.8 Å². The van der Waals surface area contributed by atoms with E-state index in [-0.39, 0.29) is 5.91 Å². The minimum absolute atomic E-state index is 0.106. The van der Waals surface area contributed by atoms with Gasteiger partial charge in [0.25, 0.3) is 5.91 Å². The number of anilines is 1. The van der Waals surface area contributed by atoms with Gasteiger partial charge in [0.15, 0.2) is 0 Å². The predicted octanol–water partition coefficient (Wildman–Crippen LogP) is 9.51. The van der Waals surface area contributed by atoms with E-state index in [1.165, 1.54) is 0 Å². The number of nitrogens with zero attached hydrogens (tertiary/aromatic N) is 2. The van der Waals surface area contributed by atoms with Gasteiger partial charge in [-0.2, -0.15) is 5.10 Å². The largest absolute Gasteiger partial charge is 0.494 e. The molecule has 0 bridgehead atoms. The molecule has 0 atom stereocenters. The third kappa shape index (κ3) is 6.03. The molecule has 1 aromatic heterocycles. The van der Waals surface area contributed by atoms with Gasteiger partial charge in [-0.1, -0.05) is 45.2 Å². The lowest BCUT2D eigenvalue weighted by Gasteiger charge is -2.14. The Hall–Kier alpha value is -3.06. The molecule has 5 nitrogen and oxygen atoms in total. The van der Waals surface area contributed by atoms with E-state index in [2.05, 4.69) is 33.3 Å². The van der Waals surface area contributed by atoms with Crippen LogP contribution in [0.15, 0.2) is 52.5 Å². The molecule has 4 aromatic rings. The number of amides is 1. The van der Waals surface area contributed by atoms with Gasteiger partial charge in [-0.3, -0.25) is 9.48 Å². The monoisotopic (exact) mass is 665 g/mol. The lowest BCUT2D eigenvalue weighted by atomic mass is 9.93. The van der Waals surface area contributed by atoms with Crippen LogP contribution in [-0.4, -0.2) is 22.3 Å². The van der Waals surface area contributed by atoms with Crippen LogP contribution in [0.4, 0.5) is 5.69 Å². The molecule has 8 heteroatoms. The van der Waals surface area contributed by atoms with Crippen molar-refractivity contribution in [2.45, 2.75) is 53.9 Å². The normalized spacial score (nSPS) is 12.6. The van der Waals surface area contributed by atoms with Crippen molar-refractivity contribution in [1.82, 2.24) is 9.78 Å². The maximum absolute atomic E-state index is 13.9. The molecule has 0 fully saturated rings. The predicted molar refractivity (Wildman–Crippen MR) is 177 cm³/mol. The maximum Gasteiger partial charge on any atom is 0.252 e. The molecule has 1 amide bonds. The van der Waals surface area contributed by atoms with Gasteiger partial charge in [0, 0.05) is 56.1 Å². The Morgan fingerprint density at radius 3 is 2.38 bits per heavy atom. The minimum Gasteiger partial charge on any atom is -0.494 e. The summed E-state index contributed by atoms with van der Waals surface area (Å²) in [6, 6.07) is 13.8. The molecular formula is C34H34BrCl2N3O2. The summed E-state index contributed by atoms with van der Waals surface area (Å²) < 4.78 is 8.91. The van der Waals surface area contributed by atoms with Gasteiger partial charge in [-0.25, -0.2) is 0 Å². The molecule has 0 aliphatic heterocycles. The van der Waals surface area contributed by atoms with Crippen molar-refractivity contribution in [2.24, 2.45) is 7.05 Å². The first-order valence-electron chi connectivity index (χ1n) is 14.0. The standard InChI is InChI=1S/C34H34BrCl2N3O2/c1-18-12-23(35)16-24(13-18)38-34(41)29-17-28-27(9-10-30(36)32(28)31-21(4)39-40(6)22(31)5)26(29)8-7-11-42-25-14-19(2)33(37)20(3)15-25/h9-10,12-16H,7-8,11,17H2,1-6H3,(H,38,41). The number of hydrogen-bond acceptors (Lipinski definition) is 3. The van der Waals surface area contributed by atoms with Crippen LogP contribution >= 0.6 is 39.1 Å². The van der Waals surface area contributed by atoms with Crippen molar-refractivity contribution in [3.8, 4) is 16.9 Å². The Balaban J connectivity index is 1.48. The zero-order chi connectivity index (χ0) is 30.3. The van der Waals surface area contributed by atoms with E-state index >= 15 is 0 Å². The number of carbonyl (C=O) groups is 1. The molecule has 0 saturated carbocycles. The molecule has 1 heterocycles. The Labute approximate surface area is 266 Å². The molecule has 42 heavy (non-hydrogen) atoms. The van der Waals surface area contributed by atoms with Crippen LogP contribution in [0, 0.1) is 34.6 Å². The number of carbonyl (C=O) groups excluding carboxylic acids is 1. The second-order valence-electron chi connectivity index (χ2n) is 11.0. The van der Waals surface area contributed by atoms with Crippen LogP contribution in [0.2, 0.25) is 10.0 Å². The van der Waals surface area contributed by atoms with Crippen LogP contribution < -0.4 is 10.1 Å².